The standard InChI is InChI=1S/C17H12N4O3/c22-17(20-16-7-3-2-6-15(16)18-19-20)8-4-1-5-13-9-11-14(12-10-13)21(23)24/h1-12H. The molecule has 7 heteroatoms. The number of hydrogen-bond donors (Lipinski definition) is 0. The number of nitro benzene ring substituents is 1. The number of fused-ring (bicyclic) bond motifs is 1. The minimum atomic E-state index is -0.450. The number of allylic oxidation sites excluding steroid dienone is 3. The first-order valence-corrected chi connectivity index (χ1v) is 7.09. The Hall–Kier alpha value is -3.61. The van der Waals surface area contributed by atoms with Gasteiger partial charge in [0, 0.05) is 18.2 Å². The maximum atomic E-state index is 12.1. The zero-order valence-corrected chi connectivity index (χ0v) is 12.4. The molecule has 0 radical (unpaired) electrons. The van der Waals surface area contributed by atoms with Gasteiger partial charge in [-0.1, -0.05) is 35.6 Å². The lowest BCUT2D eigenvalue weighted by Crippen LogP contribution is -2.08. The Bertz CT molecular complexity index is 955. The van der Waals surface area contributed by atoms with Crippen molar-refractivity contribution in [1.82, 2.24) is 15.0 Å². The molecule has 0 fully saturated rings. The average molecular weight is 320 g/mol. The molecular formula is C17H12N4O3. The molecule has 0 saturated heterocycles. The van der Waals surface area contributed by atoms with Crippen LogP contribution in [-0.4, -0.2) is 25.8 Å². The summed E-state index contributed by atoms with van der Waals surface area (Å²) in [4.78, 5) is 22.2. The van der Waals surface area contributed by atoms with Crippen LogP contribution in [0, 0.1) is 10.1 Å². The minimum absolute atomic E-state index is 0.0379. The highest BCUT2D eigenvalue weighted by atomic mass is 16.6. The Morgan fingerprint density at radius 1 is 1.08 bits per heavy atom. The highest BCUT2D eigenvalue weighted by molar-refractivity contribution is 5.95. The van der Waals surface area contributed by atoms with Crippen molar-refractivity contribution in [1.29, 1.82) is 0 Å². The summed E-state index contributed by atoms with van der Waals surface area (Å²) in [7, 11) is 0. The molecule has 1 aromatic heterocycles. The third-order valence-electron chi connectivity index (χ3n) is 3.30. The van der Waals surface area contributed by atoms with Gasteiger partial charge in [0.15, 0.2) is 0 Å². The summed E-state index contributed by atoms with van der Waals surface area (Å²) in [6.07, 6.45) is 6.38. The van der Waals surface area contributed by atoms with Gasteiger partial charge in [0.25, 0.3) is 11.6 Å². The quantitative estimate of drug-likeness (QED) is 0.318. The van der Waals surface area contributed by atoms with Crippen LogP contribution in [0.15, 0.2) is 66.8 Å². The molecule has 0 atom stereocenters. The summed E-state index contributed by atoms with van der Waals surface area (Å²) < 4.78 is 1.23. The lowest BCUT2D eigenvalue weighted by atomic mass is 10.2. The van der Waals surface area contributed by atoms with Crippen LogP contribution >= 0.6 is 0 Å². The summed E-state index contributed by atoms with van der Waals surface area (Å²) in [6, 6.07) is 13.3. The van der Waals surface area contributed by atoms with Crippen LogP contribution < -0.4 is 0 Å². The van der Waals surface area contributed by atoms with E-state index in [1.807, 2.05) is 12.1 Å². The largest absolute Gasteiger partial charge is 0.272 e. The first kappa shape index (κ1) is 15.3. The maximum Gasteiger partial charge on any atom is 0.272 e. The van der Waals surface area contributed by atoms with Gasteiger partial charge in [0.2, 0.25) is 0 Å². The first-order valence-electron chi connectivity index (χ1n) is 7.09. The number of para-hydroxylation sites is 1. The van der Waals surface area contributed by atoms with E-state index < -0.39 is 4.92 Å². The van der Waals surface area contributed by atoms with Crippen molar-refractivity contribution in [2.45, 2.75) is 0 Å². The van der Waals surface area contributed by atoms with Crippen molar-refractivity contribution in [2.75, 3.05) is 0 Å². The number of carbonyl (C=O) groups is 1. The molecule has 118 valence electrons. The lowest BCUT2D eigenvalue weighted by Gasteiger charge is -1.94. The number of nitro groups is 1. The normalized spacial score (nSPS) is 11.5. The molecular weight excluding hydrogens is 308 g/mol. The predicted molar refractivity (Wildman–Crippen MR) is 89.4 cm³/mol. The topological polar surface area (TPSA) is 90.9 Å². The van der Waals surface area contributed by atoms with E-state index in [0.717, 1.165) is 5.56 Å². The molecule has 0 N–H and O–H groups in total. The van der Waals surface area contributed by atoms with Crippen molar-refractivity contribution in [3.63, 3.8) is 0 Å². The fourth-order valence-electron chi connectivity index (χ4n) is 2.11. The van der Waals surface area contributed by atoms with Crippen molar-refractivity contribution in [3.8, 4) is 0 Å². The number of benzene rings is 2. The van der Waals surface area contributed by atoms with Crippen LogP contribution in [0.5, 0.6) is 0 Å². The van der Waals surface area contributed by atoms with E-state index in [0.29, 0.717) is 11.0 Å². The highest BCUT2D eigenvalue weighted by Gasteiger charge is 2.07. The molecule has 0 amide bonds. The van der Waals surface area contributed by atoms with Crippen LogP contribution in [0.25, 0.3) is 17.1 Å². The summed E-state index contributed by atoms with van der Waals surface area (Å²) in [5.41, 5.74) is 2.13. The van der Waals surface area contributed by atoms with Crippen LogP contribution in [-0.2, 0) is 0 Å². The van der Waals surface area contributed by atoms with Crippen molar-refractivity contribution in [3.05, 3.63) is 82.4 Å². The second-order valence-corrected chi connectivity index (χ2v) is 4.90. The Morgan fingerprint density at radius 3 is 2.58 bits per heavy atom. The van der Waals surface area contributed by atoms with Gasteiger partial charge < -0.3 is 0 Å². The van der Waals surface area contributed by atoms with E-state index in [-0.39, 0.29) is 11.6 Å². The molecule has 24 heavy (non-hydrogen) atoms. The number of carbonyl (C=O) groups excluding carboxylic acids is 1. The Labute approximate surface area is 136 Å². The summed E-state index contributed by atoms with van der Waals surface area (Å²) in [5.74, 6) is -0.308. The molecule has 7 nitrogen and oxygen atoms in total. The second kappa shape index (κ2) is 6.66. The van der Waals surface area contributed by atoms with Crippen LogP contribution in [0.3, 0.4) is 0 Å². The highest BCUT2D eigenvalue weighted by Crippen LogP contribution is 2.13. The second-order valence-electron chi connectivity index (χ2n) is 4.90. The Morgan fingerprint density at radius 2 is 1.83 bits per heavy atom. The van der Waals surface area contributed by atoms with Crippen LogP contribution in [0.2, 0.25) is 0 Å². The third kappa shape index (κ3) is 3.25. The van der Waals surface area contributed by atoms with Gasteiger partial charge in [0.05, 0.1) is 10.4 Å². The summed E-state index contributed by atoms with van der Waals surface area (Å²) in [6.45, 7) is 0. The molecule has 0 bridgehead atoms. The van der Waals surface area contributed by atoms with Gasteiger partial charge in [-0.15, -0.1) is 5.10 Å². The van der Waals surface area contributed by atoms with Crippen molar-refractivity contribution >= 4 is 28.7 Å². The summed E-state index contributed by atoms with van der Waals surface area (Å²) >= 11 is 0. The maximum absolute atomic E-state index is 12.1. The lowest BCUT2D eigenvalue weighted by molar-refractivity contribution is -0.384. The first-order chi connectivity index (χ1) is 11.6. The predicted octanol–water partition coefficient (Wildman–Crippen LogP) is 3.25. The molecule has 0 aliphatic carbocycles. The fraction of sp³-hybridized carbons (Fsp3) is 0. The SMILES string of the molecule is O=C(C=CC=Cc1ccc([N+](=O)[O-])cc1)n1nnc2ccccc21. The van der Waals surface area contributed by atoms with E-state index in [1.54, 1.807) is 42.5 Å². The van der Waals surface area contributed by atoms with E-state index in [1.165, 1.54) is 22.9 Å². The number of rotatable bonds is 4. The minimum Gasteiger partial charge on any atom is -0.267 e. The zero-order valence-electron chi connectivity index (χ0n) is 12.4. The van der Waals surface area contributed by atoms with Crippen molar-refractivity contribution in [2.24, 2.45) is 0 Å². The fourth-order valence-corrected chi connectivity index (χ4v) is 2.11. The monoisotopic (exact) mass is 320 g/mol. The van der Waals surface area contributed by atoms with E-state index in [2.05, 4.69) is 10.3 Å². The molecule has 0 unspecified atom stereocenters. The summed E-state index contributed by atoms with van der Waals surface area (Å²) in [5, 5.41) is 18.3. The van der Waals surface area contributed by atoms with E-state index >= 15 is 0 Å². The molecule has 0 saturated carbocycles. The molecule has 3 rings (SSSR count). The van der Waals surface area contributed by atoms with Gasteiger partial charge in [0.1, 0.15) is 5.52 Å². The number of nitrogens with zero attached hydrogens (tertiary/aromatic N) is 4. The molecule has 0 spiro atoms. The van der Waals surface area contributed by atoms with Gasteiger partial charge in [-0.05, 0) is 29.8 Å². The van der Waals surface area contributed by atoms with Crippen molar-refractivity contribution < 1.29 is 9.72 Å². The Balaban J connectivity index is 1.69. The molecule has 0 aliphatic rings. The number of hydrogen-bond acceptors (Lipinski definition) is 5. The Kier molecular flexibility index (Phi) is 4.24. The van der Waals surface area contributed by atoms with Crippen LogP contribution in [0.4, 0.5) is 5.69 Å². The van der Waals surface area contributed by atoms with Gasteiger partial charge in [-0.3, -0.25) is 14.9 Å². The molecule has 0 aliphatic heterocycles. The number of non-ortho nitro benzene ring substituents is 1. The number of aromatic nitrogens is 3. The zero-order chi connectivity index (χ0) is 16.9. The molecule has 3 aromatic rings. The van der Waals surface area contributed by atoms with Crippen LogP contribution in [0.1, 0.15) is 10.4 Å². The van der Waals surface area contributed by atoms with E-state index in [4.69, 9.17) is 0 Å². The van der Waals surface area contributed by atoms with Gasteiger partial charge in [-0.25, -0.2) is 0 Å². The third-order valence-corrected chi connectivity index (χ3v) is 3.30. The van der Waals surface area contributed by atoms with E-state index in [9.17, 15) is 14.9 Å². The average Bonchev–Trinajstić information content (AvgIpc) is 3.03. The molecule has 1 heterocycles. The van der Waals surface area contributed by atoms with Gasteiger partial charge in [-0.2, -0.15) is 4.68 Å². The smallest absolute Gasteiger partial charge is 0.267 e. The molecule has 2 aromatic carbocycles. The van der Waals surface area contributed by atoms with Gasteiger partial charge >= 0.3 is 0 Å².